The van der Waals surface area contributed by atoms with Crippen molar-refractivity contribution in [3.05, 3.63) is 29.3 Å². The fourth-order valence-corrected chi connectivity index (χ4v) is 5.04. The lowest BCUT2D eigenvalue weighted by Gasteiger charge is -2.34. The van der Waals surface area contributed by atoms with Crippen LogP contribution in [0, 0.1) is 10.8 Å². The van der Waals surface area contributed by atoms with E-state index in [1.165, 1.54) is 12.1 Å². The van der Waals surface area contributed by atoms with Gasteiger partial charge in [0, 0.05) is 17.4 Å². The van der Waals surface area contributed by atoms with Crippen molar-refractivity contribution in [1.82, 2.24) is 15.5 Å². The topological polar surface area (TPSA) is 122 Å². The molecule has 2 N–H and O–H groups in total. The number of ether oxygens (including phenoxy) is 1. The third-order valence-corrected chi connectivity index (χ3v) is 8.30. The van der Waals surface area contributed by atoms with Crippen LogP contribution in [-0.4, -0.2) is 58.1 Å². The highest BCUT2D eigenvalue weighted by Gasteiger charge is 2.46. The molecule has 35 heavy (non-hydrogen) atoms. The summed E-state index contributed by atoms with van der Waals surface area (Å²) in [7, 11) is 0. The zero-order valence-corrected chi connectivity index (χ0v) is 22.7. The van der Waals surface area contributed by atoms with Crippen molar-refractivity contribution in [3.63, 3.8) is 0 Å². The Morgan fingerprint density at radius 3 is 2.51 bits per heavy atom. The highest BCUT2D eigenvalue weighted by Crippen LogP contribution is 2.37. The van der Waals surface area contributed by atoms with Gasteiger partial charge in [0.15, 0.2) is 6.61 Å². The molecule has 10 heteroatoms. The van der Waals surface area contributed by atoms with Crippen molar-refractivity contribution in [1.29, 1.82) is 0 Å². The first-order valence-corrected chi connectivity index (χ1v) is 13.2. The molecule has 0 saturated carbocycles. The van der Waals surface area contributed by atoms with Gasteiger partial charge in [-0.25, -0.2) is 0 Å². The van der Waals surface area contributed by atoms with E-state index in [2.05, 4.69) is 60.9 Å². The molecule has 0 radical (unpaired) electrons. The molecule has 5 amide bonds. The quantitative estimate of drug-likeness (QED) is 0.243. The predicted molar refractivity (Wildman–Crippen MR) is 137 cm³/mol. The molecule has 190 valence electrons. The summed E-state index contributed by atoms with van der Waals surface area (Å²) in [5, 5.41) is 5.02. The van der Waals surface area contributed by atoms with Crippen molar-refractivity contribution in [2.24, 2.45) is 10.8 Å². The number of carbonyl (C=O) groups excluding carboxylic acids is 5. The SMILES string of the molecule is CC(C)(CI)CC(C)(C)CCNC(=O)COc1cccc2c1C(=O)N(C1CCC(=O)NC1=O)C2=O. The second kappa shape index (κ2) is 10.6. The van der Waals surface area contributed by atoms with Crippen LogP contribution in [0.5, 0.6) is 5.75 Å². The van der Waals surface area contributed by atoms with E-state index in [1.807, 2.05) is 0 Å². The Hall–Kier alpha value is -2.50. The molecular formula is C25H32IN3O6. The second-order valence-corrected chi connectivity index (χ2v) is 11.4. The van der Waals surface area contributed by atoms with Crippen LogP contribution in [0.4, 0.5) is 0 Å². The number of hydrogen-bond donors (Lipinski definition) is 2. The largest absolute Gasteiger partial charge is 0.483 e. The van der Waals surface area contributed by atoms with Crippen LogP contribution in [0.3, 0.4) is 0 Å². The summed E-state index contributed by atoms with van der Waals surface area (Å²) in [4.78, 5) is 62.9. The molecule has 1 atom stereocenters. The van der Waals surface area contributed by atoms with Crippen molar-refractivity contribution < 1.29 is 28.7 Å². The van der Waals surface area contributed by atoms with Gasteiger partial charge in [-0.1, -0.05) is 56.4 Å². The maximum Gasteiger partial charge on any atom is 0.266 e. The molecule has 1 unspecified atom stereocenters. The summed E-state index contributed by atoms with van der Waals surface area (Å²) in [6.45, 7) is 9.04. The average molecular weight is 597 g/mol. The summed E-state index contributed by atoms with van der Waals surface area (Å²) < 4.78 is 6.68. The maximum absolute atomic E-state index is 13.1. The van der Waals surface area contributed by atoms with E-state index in [4.69, 9.17) is 4.74 Å². The first kappa shape index (κ1) is 27.1. The van der Waals surface area contributed by atoms with Gasteiger partial charge in [-0.3, -0.25) is 34.2 Å². The van der Waals surface area contributed by atoms with E-state index in [0.29, 0.717) is 6.54 Å². The molecule has 2 heterocycles. The minimum absolute atomic E-state index is 0.0252. The summed E-state index contributed by atoms with van der Waals surface area (Å²) >= 11 is 2.40. The van der Waals surface area contributed by atoms with Gasteiger partial charge in [0.1, 0.15) is 11.8 Å². The Kier molecular flexibility index (Phi) is 8.23. The molecule has 1 saturated heterocycles. The monoisotopic (exact) mass is 597 g/mol. The van der Waals surface area contributed by atoms with Gasteiger partial charge >= 0.3 is 0 Å². The van der Waals surface area contributed by atoms with Gasteiger partial charge < -0.3 is 10.1 Å². The first-order valence-electron chi connectivity index (χ1n) is 11.7. The predicted octanol–water partition coefficient (Wildman–Crippen LogP) is 2.85. The van der Waals surface area contributed by atoms with Crippen molar-refractivity contribution in [2.75, 3.05) is 17.6 Å². The number of alkyl halides is 1. The summed E-state index contributed by atoms with van der Waals surface area (Å²) in [6.07, 6.45) is 1.96. The lowest BCUT2D eigenvalue weighted by Crippen LogP contribution is -2.54. The van der Waals surface area contributed by atoms with Crippen molar-refractivity contribution >= 4 is 52.1 Å². The van der Waals surface area contributed by atoms with Crippen molar-refractivity contribution in [3.8, 4) is 5.75 Å². The molecule has 3 rings (SSSR count). The maximum atomic E-state index is 13.1. The molecule has 0 bridgehead atoms. The number of benzene rings is 1. The molecule has 0 aromatic heterocycles. The Morgan fingerprint density at radius 2 is 1.86 bits per heavy atom. The van der Waals surface area contributed by atoms with Crippen LogP contribution in [0.25, 0.3) is 0 Å². The minimum atomic E-state index is -1.06. The van der Waals surface area contributed by atoms with E-state index in [-0.39, 0.29) is 53.1 Å². The standard InChI is InChI=1S/C25H32IN3O6/c1-24(2,13-25(3,4)14-26)10-11-27-19(31)12-35-17-7-5-6-15-20(17)23(34)29(22(15)33)16-8-9-18(30)28-21(16)32/h5-7,16H,8-14H2,1-4H3,(H,27,31)(H,28,30,32). The number of halogens is 1. The van der Waals surface area contributed by atoms with Crippen LogP contribution < -0.4 is 15.4 Å². The second-order valence-electron chi connectivity index (χ2n) is 10.7. The highest BCUT2D eigenvalue weighted by atomic mass is 127. The third-order valence-electron chi connectivity index (χ3n) is 6.23. The number of nitrogens with zero attached hydrogens (tertiary/aromatic N) is 1. The number of rotatable bonds is 10. The van der Waals surface area contributed by atoms with E-state index in [0.717, 1.165) is 22.2 Å². The van der Waals surface area contributed by atoms with Gasteiger partial charge in [0.05, 0.1) is 11.1 Å². The van der Waals surface area contributed by atoms with E-state index in [9.17, 15) is 24.0 Å². The lowest BCUT2D eigenvalue weighted by atomic mass is 9.74. The van der Waals surface area contributed by atoms with Crippen LogP contribution in [0.2, 0.25) is 0 Å². The molecule has 1 aromatic carbocycles. The minimum Gasteiger partial charge on any atom is -0.483 e. The molecule has 9 nitrogen and oxygen atoms in total. The van der Waals surface area contributed by atoms with Crippen LogP contribution >= 0.6 is 22.6 Å². The molecular weight excluding hydrogens is 565 g/mol. The van der Waals surface area contributed by atoms with E-state index < -0.39 is 29.7 Å². The number of imide groups is 2. The fraction of sp³-hybridized carbons (Fsp3) is 0.560. The van der Waals surface area contributed by atoms with Gasteiger partial charge in [0.2, 0.25) is 11.8 Å². The van der Waals surface area contributed by atoms with Gasteiger partial charge in [-0.15, -0.1) is 0 Å². The molecule has 1 aromatic rings. The third kappa shape index (κ3) is 6.39. The number of amides is 5. The van der Waals surface area contributed by atoms with Gasteiger partial charge in [-0.2, -0.15) is 0 Å². The van der Waals surface area contributed by atoms with Crippen LogP contribution in [0.15, 0.2) is 18.2 Å². The number of hydrogen-bond acceptors (Lipinski definition) is 6. The Bertz CT molecular complexity index is 1050. The van der Waals surface area contributed by atoms with Gasteiger partial charge in [-0.05, 0) is 42.2 Å². The number of piperidine rings is 1. The zero-order valence-electron chi connectivity index (χ0n) is 20.5. The molecule has 0 spiro atoms. The fourth-order valence-electron chi connectivity index (χ4n) is 4.77. The number of fused-ring (bicyclic) bond motifs is 1. The summed E-state index contributed by atoms with van der Waals surface area (Å²) in [6, 6.07) is 3.49. The average Bonchev–Trinajstić information content (AvgIpc) is 3.02. The smallest absolute Gasteiger partial charge is 0.266 e. The Morgan fingerprint density at radius 1 is 1.14 bits per heavy atom. The Labute approximate surface area is 218 Å². The highest BCUT2D eigenvalue weighted by molar-refractivity contribution is 14.1. The Balaban J connectivity index is 1.60. The van der Waals surface area contributed by atoms with Gasteiger partial charge in [0.25, 0.3) is 17.7 Å². The van der Waals surface area contributed by atoms with Crippen molar-refractivity contribution in [2.45, 2.75) is 59.4 Å². The summed E-state index contributed by atoms with van der Waals surface area (Å²) in [5.74, 6) is -2.63. The lowest BCUT2D eigenvalue weighted by molar-refractivity contribution is -0.136. The molecule has 1 fully saturated rings. The normalized spacial score (nSPS) is 18.4. The van der Waals surface area contributed by atoms with Crippen LogP contribution in [0.1, 0.15) is 74.1 Å². The van der Waals surface area contributed by atoms with E-state index >= 15 is 0 Å². The van der Waals surface area contributed by atoms with E-state index in [1.54, 1.807) is 6.07 Å². The summed E-state index contributed by atoms with van der Waals surface area (Å²) in [5.41, 5.74) is 0.417. The zero-order chi connectivity index (χ0) is 26.0. The first-order chi connectivity index (χ1) is 16.3. The number of nitrogens with one attached hydrogen (secondary N) is 2. The molecule has 2 aliphatic rings. The van der Waals surface area contributed by atoms with Crippen LogP contribution in [-0.2, 0) is 14.4 Å². The molecule has 0 aliphatic carbocycles. The number of carbonyl (C=O) groups is 5. The molecule has 2 aliphatic heterocycles.